The summed E-state index contributed by atoms with van der Waals surface area (Å²) in [6.45, 7) is 5.79. The molecular formula is C13H16N2O2. The highest BCUT2D eigenvalue weighted by atomic mass is 16.2. The van der Waals surface area contributed by atoms with E-state index in [2.05, 4.69) is 0 Å². The molecule has 1 saturated heterocycles. The number of amides is 2. The molecule has 0 aliphatic carbocycles. The van der Waals surface area contributed by atoms with Crippen molar-refractivity contribution in [1.29, 1.82) is 0 Å². The topological polar surface area (TPSA) is 63.4 Å². The predicted octanol–water partition coefficient (Wildman–Crippen LogP) is 1.20. The highest BCUT2D eigenvalue weighted by Crippen LogP contribution is 2.30. The predicted molar refractivity (Wildman–Crippen MR) is 65.7 cm³/mol. The number of imide groups is 1. The van der Waals surface area contributed by atoms with Crippen molar-refractivity contribution in [2.75, 3.05) is 4.90 Å². The Morgan fingerprint density at radius 2 is 1.71 bits per heavy atom. The Morgan fingerprint density at radius 3 is 2.12 bits per heavy atom. The second-order valence-corrected chi connectivity index (χ2v) is 4.63. The molecule has 4 nitrogen and oxygen atoms in total. The summed E-state index contributed by atoms with van der Waals surface area (Å²) in [7, 11) is 0. The van der Waals surface area contributed by atoms with E-state index in [1.54, 1.807) is 0 Å². The number of anilines is 1. The molecule has 0 saturated carbocycles. The van der Waals surface area contributed by atoms with Crippen molar-refractivity contribution >= 4 is 17.5 Å². The van der Waals surface area contributed by atoms with Crippen LogP contribution in [0.2, 0.25) is 0 Å². The van der Waals surface area contributed by atoms with Crippen LogP contribution in [0.1, 0.15) is 23.1 Å². The third-order valence-electron chi connectivity index (χ3n) is 3.04. The van der Waals surface area contributed by atoms with Crippen molar-refractivity contribution in [2.45, 2.75) is 33.2 Å². The number of hydrogen-bond donors (Lipinski definition) is 1. The molecule has 1 atom stereocenters. The molecule has 1 aliphatic heterocycles. The van der Waals surface area contributed by atoms with E-state index in [4.69, 9.17) is 5.73 Å². The van der Waals surface area contributed by atoms with Crippen LogP contribution in [0.15, 0.2) is 12.1 Å². The molecule has 1 heterocycles. The van der Waals surface area contributed by atoms with Gasteiger partial charge in [0.1, 0.15) is 0 Å². The van der Waals surface area contributed by atoms with E-state index in [9.17, 15) is 9.59 Å². The molecule has 17 heavy (non-hydrogen) atoms. The lowest BCUT2D eigenvalue weighted by molar-refractivity contribution is -0.121. The van der Waals surface area contributed by atoms with Crippen molar-refractivity contribution < 1.29 is 9.59 Å². The molecule has 0 bridgehead atoms. The number of benzene rings is 1. The third kappa shape index (κ3) is 1.85. The first-order valence-corrected chi connectivity index (χ1v) is 5.62. The number of nitrogens with zero attached hydrogens (tertiary/aromatic N) is 1. The van der Waals surface area contributed by atoms with Crippen LogP contribution >= 0.6 is 0 Å². The standard InChI is InChI=1S/C13H16N2O2/c1-7-4-8(2)12(9(3)5-7)15-11(16)6-10(14)13(15)17/h4-5,10H,6,14H2,1-3H3. The minimum atomic E-state index is -0.692. The summed E-state index contributed by atoms with van der Waals surface area (Å²) in [6, 6.07) is 3.24. The van der Waals surface area contributed by atoms with E-state index < -0.39 is 6.04 Å². The summed E-state index contributed by atoms with van der Waals surface area (Å²) in [5.41, 5.74) is 9.28. The number of nitrogens with two attached hydrogens (primary N) is 1. The smallest absolute Gasteiger partial charge is 0.251 e. The number of aryl methyl sites for hydroxylation is 3. The van der Waals surface area contributed by atoms with Crippen LogP contribution in [-0.4, -0.2) is 17.9 Å². The van der Waals surface area contributed by atoms with Crippen LogP contribution in [0.5, 0.6) is 0 Å². The van der Waals surface area contributed by atoms with E-state index >= 15 is 0 Å². The Morgan fingerprint density at radius 1 is 1.18 bits per heavy atom. The molecule has 1 aromatic carbocycles. The fraction of sp³-hybridized carbons (Fsp3) is 0.385. The minimum Gasteiger partial charge on any atom is -0.319 e. The first-order chi connectivity index (χ1) is 7.91. The monoisotopic (exact) mass is 232 g/mol. The lowest BCUT2D eigenvalue weighted by Gasteiger charge is -2.20. The Bertz CT molecular complexity index is 485. The van der Waals surface area contributed by atoms with Gasteiger partial charge in [-0.1, -0.05) is 17.7 Å². The van der Waals surface area contributed by atoms with Gasteiger partial charge in [0.15, 0.2) is 0 Å². The van der Waals surface area contributed by atoms with Gasteiger partial charge in [0.05, 0.1) is 18.2 Å². The van der Waals surface area contributed by atoms with Gasteiger partial charge in [0.2, 0.25) is 5.91 Å². The summed E-state index contributed by atoms with van der Waals surface area (Å²) in [6.07, 6.45) is 0.103. The van der Waals surface area contributed by atoms with Crippen LogP contribution in [0.3, 0.4) is 0 Å². The van der Waals surface area contributed by atoms with Gasteiger partial charge in [0, 0.05) is 0 Å². The first kappa shape index (κ1) is 11.8. The van der Waals surface area contributed by atoms with Crippen LogP contribution in [0, 0.1) is 20.8 Å². The fourth-order valence-corrected chi connectivity index (χ4v) is 2.42. The van der Waals surface area contributed by atoms with Crippen LogP contribution < -0.4 is 10.6 Å². The SMILES string of the molecule is Cc1cc(C)c(N2C(=O)CC(N)C2=O)c(C)c1. The van der Waals surface area contributed by atoms with Gasteiger partial charge in [-0.05, 0) is 31.9 Å². The van der Waals surface area contributed by atoms with Gasteiger partial charge in [-0.15, -0.1) is 0 Å². The number of carbonyl (C=O) groups excluding carboxylic acids is 2. The van der Waals surface area contributed by atoms with Crippen molar-refractivity contribution in [3.05, 3.63) is 28.8 Å². The van der Waals surface area contributed by atoms with Gasteiger partial charge < -0.3 is 5.73 Å². The molecule has 2 N–H and O–H groups in total. The molecule has 1 unspecified atom stereocenters. The lowest BCUT2D eigenvalue weighted by Crippen LogP contribution is -2.36. The van der Waals surface area contributed by atoms with Crippen molar-refractivity contribution in [3.8, 4) is 0 Å². The van der Waals surface area contributed by atoms with E-state index in [1.807, 2.05) is 32.9 Å². The highest BCUT2D eigenvalue weighted by molar-refractivity contribution is 6.23. The summed E-state index contributed by atoms with van der Waals surface area (Å²) in [4.78, 5) is 24.9. The summed E-state index contributed by atoms with van der Waals surface area (Å²) >= 11 is 0. The summed E-state index contributed by atoms with van der Waals surface area (Å²) in [5, 5.41) is 0. The largest absolute Gasteiger partial charge is 0.319 e. The van der Waals surface area contributed by atoms with Gasteiger partial charge in [0.25, 0.3) is 5.91 Å². The second-order valence-electron chi connectivity index (χ2n) is 4.63. The molecule has 1 aromatic rings. The maximum absolute atomic E-state index is 11.9. The Labute approximate surface area is 100 Å². The molecule has 0 aromatic heterocycles. The summed E-state index contributed by atoms with van der Waals surface area (Å²) < 4.78 is 0. The van der Waals surface area contributed by atoms with Crippen LogP contribution in [0.25, 0.3) is 0 Å². The van der Waals surface area contributed by atoms with E-state index in [1.165, 1.54) is 4.90 Å². The first-order valence-electron chi connectivity index (χ1n) is 5.62. The average Bonchev–Trinajstić information content (AvgIpc) is 2.43. The molecule has 0 spiro atoms. The fourth-order valence-electron chi connectivity index (χ4n) is 2.42. The number of rotatable bonds is 1. The van der Waals surface area contributed by atoms with E-state index in [0.717, 1.165) is 16.7 Å². The molecule has 90 valence electrons. The molecule has 1 aliphatic rings. The molecular weight excluding hydrogens is 216 g/mol. The molecule has 4 heteroatoms. The van der Waals surface area contributed by atoms with Crippen molar-refractivity contribution in [1.82, 2.24) is 0 Å². The van der Waals surface area contributed by atoms with Gasteiger partial charge in [-0.25, -0.2) is 4.90 Å². The minimum absolute atomic E-state index is 0.103. The number of carbonyl (C=O) groups is 2. The number of hydrogen-bond acceptors (Lipinski definition) is 3. The molecule has 2 rings (SSSR count). The van der Waals surface area contributed by atoms with Crippen LogP contribution in [-0.2, 0) is 9.59 Å². The highest BCUT2D eigenvalue weighted by Gasteiger charge is 2.38. The van der Waals surface area contributed by atoms with Gasteiger partial charge in [-0.3, -0.25) is 9.59 Å². The quantitative estimate of drug-likeness (QED) is 0.740. The Hall–Kier alpha value is -1.68. The molecule has 2 amide bonds. The third-order valence-corrected chi connectivity index (χ3v) is 3.04. The molecule has 1 fully saturated rings. The van der Waals surface area contributed by atoms with Gasteiger partial charge in [-0.2, -0.15) is 0 Å². The maximum atomic E-state index is 11.9. The van der Waals surface area contributed by atoms with Crippen LogP contribution in [0.4, 0.5) is 5.69 Å². The van der Waals surface area contributed by atoms with Crippen molar-refractivity contribution in [3.63, 3.8) is 0 Å². The average molecular weight is 232 g/mol. The Balaban J connectivity index is 2.55. The van der Waals surface area contributed by atoms with Crippen molar-refractivity contribution in [2.24, 2.45) is 5.73 Å². The zero-order valence-corrected chi connectivity index (χ0v) is 10.3. The van der Waals surface area contributed by atoms with Gasteiger partial charge >= 0.3 is 0 Å². The summed E-state index contributed by atoms with van der Waals surface area (Å²) in [5.74, 6) is -0.511. The normalized spacial score (nSPS) is 20.2. The molecule has 0 radical (unpaired) electrons. The zero-order valence-electron chi connectivity index (χ0n) is 10.3. The maximum Gasteiger partial charge on any atom is 0.251 e. The van der Waals surface area contributed by atoms with E-state index in [0.29, 0.717) is 5.69 Å². The lowest BCUT2D eigenvalue weighted by atomic mass is 10.0. The second kappa shape index (κ2) is 3.96. The zero-order chi connectivity index (χ0) is 12.7. The Kier molecular flexibility index (Phi) is 2.75. The van der Waals surface area contributed by atoms with E-state index in [-0.39, 0.29) is 18.2 Å².